The van der Waals surface area contributed by atoms with E-state index < -0.39 is 18.0 Å². The van der Waals surface area contributed by atoms with Gasteiger partial charge in [0.1, 0.15) is 5.69 Å². The number of carbonyl (C=O) groups excluding carboxylic acids is 2. The number of H-pyrrole nitrogens is 1. The Hall–Kier alpha value is -2.93. The lowest BCUT2D eigenvalue weighted by atomic mass is 10.1. The molecule has 6 nitrogen and oxygen atoms in total. The van der Waals surface area contributed by atoms with E-state index in [0.29, 0.717) is 11.3 Å². The predicted molar refractivity (Wildman–Crippen MR) is 95.5 cm³/mol. The maximum atomic E-state index is 12.3. The fourth-order valence-corrected chi connectivity index (χ4v) is 2.55. The number of aromatic nitrogens is 2. The van der Waals surface area contributed by atoms with Crippen molar-refractivity contribution in [2.24, 2.45) is 5.73 Å². The van der Waals surface area contributed by atoms with E-state index >= 15 is 0 Å². The number of rotatable bonds is 5. The SMILES string of the molecule is NC(=O)C(OC(=O)c1cc(-c2ccc(Br)cc2)n[nH]1)c1ccccc1. The van der Waals surface area contributed by atoms with Gasteiger partial charge in [0.15, 0.2) is 0 Å². The molecular formula is C18H14BrN3O3. The van der Waals surface area contributed by atoms with Gasteiger partial charge in [0, 0.05) is 15.6 Å². The van der Waals surface area contributed by atoms with Crippen molar-refractivity contribution in [2.45, 2.75) is 6.10 Å². The van der Waals surface area contributed by atoms with E-state index in [2.05, 4.69) is 26.1 Å². The van der Waals surface area contributed by atoms with Gasteiger partial charge in [-0.15, -0.1) is 0 Å². The van der Waals surface area contributed by atoms with E-state index in [0.717, 1.165) is 10.0 Å². The summed E-state index contributed by atoms with van der Waals surface area (Å²) in [5.74, 6) is -1.45. The van der Waals surface area contributed by atoms with Crippen LogP contribution in [0.3, 0.4) is 0 Å². The van der Waals surface area contributed by atoms with Gasteiger partial charge in [-0.3, -0.25) is 9.89 Å². The Labute approximate surface area is 152 Å². The molecule has 3 rings (SSSR count). The largest absolute Gasteiger partial charge is 0.443 e. The number of esters is 1. The quantitative estimate of drug-likeness (QED) is 0.643. The number of hydrogen-bond donors (Lipinski definition) is 2. The van der Waals surface area contributed by atoms with Gasteiger partial charge in [0.05, 0.1) is 5.69 Å². The van der Waals surface area contributed by atoms with E-state index in [-0.39, 0.29) is 5.69 Å². The molecule has 3 N–H and O–H groups in total. The number of aromatic amines is 1. The van der Waals surface area contributed by atoms with Crippen LogP contribution < -0.4 is 5.73 Å². The van der Waals surface area contributed by atoms with Crippen LogP contribution in [-0.2, 0) is 9.53 Å². The lowest BCUT2D eigenvalue weighted by Gasteiger charge is -2.14. The Morgan fingerprint density at radius 2 is 1.76 bits per heavy atom. The van der Waals surface area contributed by atoms with Crippen molar-refractivity contribution in [3.63, 3.8) is 0 Å². The Morgan fingerprint density at radius 3 is 2.40 bits per heavy atom. The van der Waals surface area contributed by atoms with Gasteiger partial charge in [0.25, 0.3) is 5.91 Å². The molecule has 25 heavy (non-hydrogen) atoms. The summed E-state index contributed by atoms with van der Waals surface area (Å²) in [4.78, 5) is 24.0. The molecule has 126 valence electrons. The van der Waals surface area contributed by atoms with Gasteiger partial charge in [-0.2, -0.15) is 5.10 Å². The van der Waals surface area contributed by atoms with Crippen LogP contribution in [0.25, 0.3) is 11.3 Å². The molecule has 1 heterocycles. The van der Waals surface area contributed by atoms with Gasteiger partial charge in [-0.25, -0.2) is 4.79 Å². The zero-order chi connectivity index (χ0) is 17.8. The van der Waals surface area contributed by atoms with Crippen molar-refractivity contribution in [3.05, 3.63) is 76.4 Å². The van der Waals surface area contributed by atoms with Crippen LogP contribution in [0.15, 0.2) is 65.1 Å². The lowest BCUT2D eigenvalue weighted by molar-refractivity contribution is -0.127. The van der Waals surface area contributed by atoms with Crippen molar-refractivity contribution in [1.82, 2.24) is 10.2 Å². The summed E-state index contributed by atoms with van der Waals surface area (Å²) in [6.07, 6.45) is -1.16. The minimum Gasteiger partial charge on any atom is -0.443 e. The summed E-state index contributed by atoms with van der Waals surface area (Å²) < 4.78 is 6.20. The highest BCUT2D eigenvalue weighted by molar-refractivity contribution is 9.10. The first kappa shape index (κ1) is 16.9. The highest BCUT2D eigenvalue weighted by Gasteiger charge is 2.24. The normalized spacial score (nSPS) is 11.7. The average molecular weight is 400 g/mol. The summed E-state index contributed by atoms with van der Waals surface area (Å²) in [5, 5.41) is 6.73. The molecule has 0 fully saturated rings. The minimum atomic E-state index is -1.16. The van der Waals surface area contributed by atoms with E-state index in [1.54, 1.807) is 36.4 Å². The standard InChI is InChI=1S/C18H14BrN3O3/c19-13-8-6-11(7-9-13)14-10-15(22-21-14)18(24)25-16(17(20)23)12-4-2-1-3-5-12/h1-10,16H,(H2,20,23)(H,21,22). The maximum Gasteiger partial charge on any atom is 0.357 e. The molecule has 0 spiro atoms. The fraction of sp³-hybridized carbons (Fsp3) is 0.0556. The summed E-state index contributed by atoms with van der Waals surface area (Å²) in [6.45, 7) is 0. The third kappa shape index (κ3) is 3.95. The molecule has 3 aromatic rings. The number of amides is 1. The summed E-state index contributed by atoms with van der Waals surface area (Å²) >= 11 is 3.36. The van der Waals surface area contributed by atoms with Crippen molar-refractivity contribution >= 4 is 27.8 Å². The number of carbonyl (C=O) groups is 2. The van der Waals surface area contributed by atoms with Crippen LogP contribution in [0, 0.1) is 0 Å². The number of benzene rings is 2. The lowest BCUT2D eigenvalue weighted by Crippen LogP contribution is -2.26. The number of halogens is 1. The number of nitrogens with one attached hydrogen (secondary N) is 1. The van der Waals surface area contributed by atoms with Gasteiger partial charge >= 0.3 is 5.97 Å². The van der Waals surface area contributed by atoms with Crippen LogP contribution in [0.5, 0.6) is 0 Å². The summed E-state index contributed by atoms with van der Waals surface area (Å²) in [7, 11) is 0. The first-order valence-electron chi connectivity index (χ1n) is 7.41. The van der Waals surface area contributed by atoms with Crippen molar-refractivity contribution in [1.29, 1.82) is 0 Å². The molecular weight excluding hydrogens is 386 g/mol. The highest BCUT2D eigenvalue weighted by atomic mass is 79.9. The maximum absolute atomic E-state index is 12.3. The van der Waals surface area contributed by atoms with E-state index in [1.165, 1.54) is 0 Å². The number of hydrogen-bond acceptors (Lipinski definition) is 4. The molecule has 0 aliphatic heterocycles. The molecule has 0 saturated carbocycles. The molecule has 1 atom stereocenters. The Morgan fingerprint density at radius 1 is 1.08 bits per heavy atom. The molecule has 1 aromatic heterocycles. The van der Waals surface area contributed by atoms with E-state index in [9.17, 15) is 9.59 Å². The van der Waals surface area contributed by atoms with E-state index in [1.807, 2.05) is 24.3 Å². The van der Waals surface area contributed by atoms with Gasteiger partial charge in [-0.1, -0.05) is 58.4 Å². The molecule has 1 unspecified atom stereocenters. The second kappa shape index (κ2) is 7.31. The highest BCUT2D eigenvalue weighted by Crippen LogP contribution is 2.22. The van der Waals surface area contributed by atoms with Crippen LogP contribution in [0.4, 0.5) is 0 Å². The van der Waals surface area contributed by atoms with Crippen molar-refractivity contribution < 1.29 is 14.3 Å². The Bertz CT molecular complexity index is 891. The monoisotopic (exact) mass is 399 g/mol. The number of nitrogens with two attached hydrogens (primary N) is 1. The van der Waals surface area contributed by atoms with Crippen molar-refractivity contribution in [2.75, 3.05) is 0 Å². The summed E-state index contributed by atoms with van der Waals surface area (Å²) in [6, 6.07) is 17.7. The zero-order valence-corrected chi connectivity index (χ0v) is 14.6. The Kier molecular flexibility index (Phi) is 4.95. The molecule has 0 aliphatic rings. The predicted octanol–water partition coefficient (Wildman–Crippen LogP) is 3.22. The molecule has 0 radical (unpaired) electrons. The fourth-order valence-electron chi connectivity index (χ4n) is 2.28. The van der Waals surface area contributed by atoms with Gasteiger partial charge in [0.2, 0.25) is 6.10 Å². The molecule has 0 bridgehead atoms. The molecule has 0 aliphatic carbocycles. The average Bonchev–Trinajstić information content (AvgIpc) is 3.11. The molecule has 7 heteroatoms. The van der Waals surface area contributed by atoms with Crippen LogP contribution in [-0.4, -0.2) is 22.1 Å². The third-order valence-corrected chi connectivity index (χ3v) is 4.05. The second-order valence-corrected chi connectivity index (χ2v) is 6.19. The van der Waals surface area contributed by atoms with Crippen LogP contribution in [0.2, 0.25) is 0 Å². The van der Waals surface area contributed by atoms with Gasteiger partial charge < -0.3 is 10.5 Å². The molecule has 1 amide bonds. The number of nitrogens with zero attached hydrogens (tertiary/aromatic N) is 1. The smallest absolute Gasteiger partial charge is 0.357 e. The zero-order valence-electron chi connectivity index (χ0n) is 13.0. The third-order valence-electron chi connectivity index (χ3n) is 3.52. The molecule has 2 aromatic carbocycles. The second-order valence-electron chi connectivity index (χ2n) is 5.27. The minimum absolute atomic E-state index is 0.139. The first-order valence-corrected chi connectivity index (χ1v) is 8.20. The summed E-state index contributed by atoms with van der Waals surface area (Å²) in [5.41, 5.74) is 7.44. The number of ether oxygens (including phenoxy) is 1. The van der Waals surface area contributed by atoms with Crippen LogP contribution >= 0.6 is 15.9 Å². The van der Waals surface area contributed by atoms with Crippen LogP contribution in [0.1, 0.15) is 22.2 Å². The first-order chi connectivity index (χ1) is 12.0. The topological polar surface area (TPSA) is 98.1 Å². The van der Waals surface area contributed by atoms with Crippen molar-refractivity contribution in [3.8, 4) is 11.3 Å². The number of primary amides is 1. The molecule has 0 saturated heterocycles. The van der Waals surface area contributed by atoms with Gasteiger partial charge in [-0.05, 0) is 18.2 Å². The Balaban J connectivity index is 1.79. The van der Waals surface area contributed by atoms with E-state index in [4.69, 9.17) is 10.5 Å².